The molecule has 3 rings (SSSR count). The smallest absolute Gasteiger partial charge is 0.317 e. The molecule has 8 heteroatoms. The van der Waals surface area contributed by atoms with Crippen molar-refractivity contribution in [3.63, 3.8) is 0 Å². The molecule has 1 aliphatic rings. The van der Waals surface area contributed by atoms with Crippen LogP contribution in [0.5, 0.6) is 0 Å². The van der Waals surface area contributed by atoms with Gasteiger partial charge in [0.1, 0.15) is 5.69 Å². The molecule has 0 bridgehead atoms. The van der Waals surface area contributed by atoms with E-state index in [2.05, 4.69) is 15.6 Å². The Labute approximate surface area is 158 Å². The zero-order chi connectivity index (χ0) is 18.5. The van der Waals surface area contributed by atoms with Crippen LogP contribution >= 0.6 is 11.6 Å². The number of halogens is 1. The number of hydrogen-bond acceptors (Lipinski definition) is 4. The summed E-state index contributed by atoms with van der Waals surface area (Å²) in [5, 5.41) is 12.0. The maximum atomic E-state index is 12.5. The summed E-state index contributed by atoms with van der Waals surface area (Å²) in [6.07, 6.45) is 3.64. The number of hydrogen-bond donors (Lipinski definition) is 1. The third-order valence-corrected chi connectivity index (χ3v) is 4.94. The fraction of sp³-hybridized carbons (Fsp3) is 0.500. The zero-order valence-electron chi connectivity index (χ0n) is 15.1. The van der Waals surface area contributed by atoms with E-state index >= 15 is 0 Å². The Hall–Kier alpha value is -2.12. The Morgan fingerprint density at radius 3 is 2.69 bits per heavy atom. The van der Waals surface area contributed by atoms with Crippen LogP contribution in [0.25, 0.3) is 0 Å². The minimum absolute atomic E-state index is 0.0374. The Morgan fingerprint density at radius 1 is 1.35 bits per heavy atom. The first-order valence-corrected chi connectivity index (χ1v) is 9.15. The van der Waals surface area contributed by atoms with E-state index < -0.39 is 0 Å². The van der Waals surface area contributed by atoms with Gasteiger partial charge < -0.3 is 15.0 Å². The van der Waals surface area contributed by atoms with E-state index in [4.69, 9.17) is 16.3 Å². The molecule has 0 spiro atoms. The molecule has 1 aromatic heterocycles. The highest BCUT2D eigenvalue weighted by molar-refractivity contribution is 6.30. The highest BCUT2D eigenvalue weighted by Gasteiger charge is 2.25. The summed E-state index contributed by atoms with van der Waals surface area (Å²) in [6.45, 7) is 3.83. The molecule has 0 radical (unpaired) electrons. The van der Waals surface area contributed by atoms with Gasteiger partial charge >= 0.3 is 6.03 Å². The number of methoxy groups -OCH3 is 1. The Morgan fingerprint density at radius 2 is 2.04 bits per heavy atom. The third kappa shape index (κ3) is 4.53. The maximum Gasteiger partial charge on any atom is 0.317 e. The normalized spacial score (nSPS) is 16.5. The quantitative estimate of drug-likeness (QED) is 0.868. The van der Waals surface area contributed by atoms with Gasteiger partial charge in [-0.3, -0.25) is 0 Å². The average molecular weight is 378 g/mol. The van der Waals surface area contributed by atoms with Crippen molar-refractivity contribution >= 4 is 17.6 Å². The van der Waals surface area contributed by atoms with E-state index in [9.17, 15) is 4.79 Å². The molecule has 140 valence electrons. The number of ether oxygens (including phenoxy) is 1. The molecule has 2 amide bonds. The first-order valence-electron chi connectivity index (χ1n) is 8.77. The van der Waals surface area contributed by atoms with Gasteiger partial charge in [-0.25, -0.2) is 9.48 Å². The summed E-state index contributed by atoms with van der Waals surface area (Å²) < 4.78 is 6.96. The Bertz CT molecular complexity index is 725. The first-order chi connectivity index (χ1) is 12.6. The van der Waals surface area contributed by atoms with Gasteiger partial charge in [0, 0.05) is 25.2 Å². The van der Waals surface area contributed by atoms with Crippen LogP contribution in [-0.2, 0) is 11.3 Å². The van der Waals surface area contributed by atoms with Crippen molar-refractivity contribution in [2.24, 2.45) is 0 Å². The van der Waals surface area contributed by atoms with E-state index in [1.165, 1.54) is 0 Å². The topological polar surface area (TPSA) is 72.3 Å². The molecule has 1 aromatic carbocycles. The molecule has 1 atom stereocenters. The minimum Gasteiger partial charge on any atom is -0.378 e. The van der Waals surface area contributed by atoms with E-state index in [0.717, 1.165) is 24.1 Å². The van der Waals surface area contributed by atoms with Crippen molar-refractivity contribution in [3.8, 4) is 0 Å². The molecule has 2 heterocycles. The number of nitrogens with one attached hydrogen (secondary N) is 1. The van der Waals surface area contributed by atoms with Crippen LogP contribution in [0.15, 0.2) is 30.5 Å². The van der Waals surface area contributed by atoms with Gasteiger partial charge in [0.15, 0.2) is 0 Å². The number of nitrogens with zero attached hydrogens (tertiary/aromatic N) is 4. The summed E-state index contributed by atoms with van der Waals surface area (Å²) in [5.41, 5.74) is 1.86. The van der Waals surface area contributed by atoms with Gasteiger partial charge in [0.2, 0.25) is 0 Å². The number of carbonyl (C=O) groups excluding carboxylic acids is 1. The fourth-order valence-corrected chi connectivity index (χ4v) is 3.28. The first kappa shape index (κ1) is 18.7. The van der Waals surface area contributed by atoms with E-state index in [1.807, 2.05) is 47.0 Å². The SMILES string of the molecule is COCc1cn(C2CCN(C(=O)N[C@H](C)c3ccc(Cl)cc3)CC2)nn1. The second-order valence-corrected chi connectivity index (χ2v) is 7.00. The van der Waals surface area contributed by atoms with Crippen molar-refractivity contribution in [2.45, 2.75) is 38.5 Å². The molecular weight excluding hydrogens is 354 g/mol. The van der Waals surface area contributed by atoms with Crippen molar-refractivity contribution in [1.82, 2.24) is 25.2 Å². The molecule has 1 N–H and O–H groups in total. The van der Waals surface area contributed by atoms with Crippen molar-refractivity contribution in [2.75, 3.05) is 20.2 Å². The lowest BCUT2D eigenvalue weighted by molar-refractivity contribution is 0.165. The summed E-state index contributed by atoms with van der Waals surface area (Å²) in [6, 6.07) is 7.70. The number of carbonyl (C=O) groups is 1. The lowest BCUT2D eigenvalue weighted by Crippen LogP contribution is -2.45. The summed E-state index contributed by atoms with van der Waals surface area (Å²) in [7, 11) is 1.64. The molecule has 7 nitrogen and oxygen atoms in total. The number of amides is 2. The lowest BCUT2D eigenvalue weighted by Gasteiger charge is -2.32. The summed E-state index contributed by atoms with van der Waals surface area (Å²) >= 11 is 5.91. The zero-order valence-corrected chi connectivity index (χ0v) is 15.8. The second-order valence-electron chi connectivity index (χ2n) is 6.56. The molecular formula is C18H24ClN5O2. The number of urea groups is 1. The summed E-state index contributed by atoms with van der Waals surface area (Å²) in [5.74, 6) is 0. The molecule has 2 aromatic rings. The van der Waals surface area contributed by atoms with Crippen LogP contribution in [0, 0.1) is 0 Å². The van der Waals surface area contributed by atoms with Crippen molar-refractivity contribution < 1.29 is 9.53 Å². The monoisotopic (exact) mass is 377 g/mol. The van der Waals surface area contributed by atoms with Crippen LogP contribution in [0.1, 0.15) is 43.1 Å². The highest BCUT2D eigenvalue weighted by atomic mass is 35.5. The number of rotatable bonds is 5. The second kappa shape index (κ2) is 8.51. The molecule has 0 aliphatic carbocycles. The molecule has 1 fully saturated rings. The van der Waals surface area contributed by atoms with Gasteiger partial charge in [-0.1, -0.05) is 28.9 Å². The van der Waals surface area contributed by atoms with Gasteiger partial charge in [-0.05, 0) is 37.5 Å². The van der Waals surface area contributed by atoms with Crippen molar-refractivity contribution in [3.05, 3.63) is 46.7 Å². The largest absolute Gasteiger partial charge is 0.378 e. The van der Waals surface area contributed by atoms with E-state index in [-0.39, 0.29) is 18.1 Å². The van der Waals surface area contributed by atoms with Crippen LogP contribution < -0.4 is 5.32 Å². The van der Waals surface area contributed by atoms with Gasteiger partial charge in [-0.15, -0.1) is 5.10 Å². The number of aromatic nitrogens is 3. The van der Waals surface area contributed by atoms with E-state index in [0.29, 0.717) is 24.7 Å². The van der Waals surface area contributed by atoms with Crippen LogP contribution in [-0.4, -0.2) is 46.1 Å². The number of benzene rings is 1. The maximum absolute atomic E-state index is 12.5. The van der Waals surface area contributed by atoms with Crippen LogP contribution in [0.3, 0.4) is 0 Å². The standard InChI is InChI=1S/C18H24ClN5O2/c1-13(14-3-5-15(19)6-4-14)20-18(25)23-9-7-17(8-10-23)24-11-16(12-26-2)21-22-24/h3-6,11,13,17H,7-10,12H2,1-2H3,(H,20,25)/t13-/m1/s1. The summed E-state index contributed by atoms with van der Waals surface area (Å²) in [4.78, 5) is 14.4. The van der Waals surface area contributed by atoms with Gasteiger partial charge in [0.25, 0.3) is 0 Å². The molecule has 1 saturated heterocycles. The highest BCUT2D eigenvalue weighted by Crippen LogP contribution is 2.23. The fourth-order valence-electron chi connectivity index (χ4n) is 3.15. The Balaban J connectivity index is 1.50. The lowest BCUT2D eigenvalue weighted by atomic mass is 10.1. The molecule has 26 heavy (non-hydrogen) atoms. The Kier molecular flexibility index (Phi) is 6.11. The van der Waals surface area contributed by atoms with E-state index in [1.54, 1.807) is 7.11 Å². The average Bonchev–Trinajstić information content (AvgIpc) is 3.11. The molecule has 0 saturated carbocycles. The van der Waals surface area contributed by atoms with Gasteiger partial charge in [0.05, 0.1) is 24.9 Å². The van der Waals surface area contributed by atoms with Crippen LogP contribution in [0.2, 0.25) is 5.02 Å². The molecule has 1 aliphatic heterocycles. The number of piperidine rings is 1. The third-order valence-electron chi connectivity index (χ3n) is 4.69. The van der Waals surface area contributed by atoms with Gasteiger partial charge in [-0.2, -0.15) is 0 Å². The van der Waals surface area contributed by atoms with Crippen molar-refractivity contribution in [1.29, 1.82) is 0 Å². The minimum atomic E-state index is -0.0654. The predicted molar refractivity (Wildman–Crippen MR) is 99.0 cm³/mol. The molecule has 0 unspecified atom stereocenters. The number of likely N-dealkylation sites (tertiary alicyclic amines) is 1. The van der Waals surface area contributed by atoms with Crippen LogP contribution in [0.4, 0.5) is 4.79 Å². The predicted octanol–water partition coefficient (Wildman–Crippen LogP) is 3.19.